The summed E-state index contributed by atoms with van der Waals surface area (Å²) in [6.45, 7) is 2.77. The van der Waals surface area contributed by atoms with Crippen LogP contribution in [0.2, 0.25) is 0 Å². The van der Waals surface area contributed by atoms with Crippen molar-refractivity contribution in [2.24, 2.45) is 23.7 Å². The Labute approximate surface area is 164 Å². The highest BCUT2D eigenvalue weighted by molar-refractivity contribution is 5.33. The van der Waals surface area contributed by atoms with E-state index in [0.717, 1.165) is 42.7 Å². The maximum atomic E-state index is 13.8. The van der Waals surface area contributed by atoms with Gasteiger partial charge in [0, 0.05) is 6.07 Å². The van der Waals surface area contributed by atoms with Crippen LogP contribution in [0.1, 0.15) is 64.7 Å². The third-order valence-corrected chi connectivity index (χ3v) is 6.64. The summed E-state index contributed by atoms with van der Waals surface area (Å²) in [5, 5.41) is 0. The van der Waals surface area contributed by atoms with Crippen LogP contribution in [0.4, 0.5) is 17.6 Å². The highest BCUT2D eigenvalue weighted by Gasteiger charge is 2.33. The van der Waals surface area contributed by atoms with Crippen molar-refractivity contribution in [1.29, 1.82) is 0 Å². The molecule has 158 valence electrons. The number of hydrogen-bond donors (Lipinski definition) is 0. The fourth-order valence-corrected chi connectivity index (χ4v) is 4.89. The van der Waals surface area contributed by atoms with Crippen molar-refractivity contribution in [3.8, 4) is 11.5 Å². The van der Waals surface area contributed by atoms with Crippen LogP contribution in [0.3, 0.4) is 0 Å². The van der Waals surface area contributed by atoms with Crippen molar-refractivity contribution in [1.82, 2.24) is 0 Å². The normalized spacial score (nSPS) is 28.8. The van der Waals surface area contributed by atoms with E-state index in [1.807, 2.05) is 0 Å². The molecule has 0 atom stereocenters. The molecule has 2 aliphatic rings. The minimum Gasteiger partial charge on any atom is -0.493 e. The summed E-state index contributed by atoms with van der Waals surface area (Å²) < 4.78 is 59.6. The maximum absolute atomic E-state index is 13.8. The van der Waals surface area contributed by atoms with Gasteiger partial charge in [0.1, 0.15) is 5.75 Å². The number of rotatable bonds is 6. The summed E-state index contributed by atoms with van der Waals surface area (Å²) in [6.07, 6.45) is 6.56. The number of ether oxygens (including phenoxy) is 2. The third-order valence-electron chi connectivity index (χ3n) is 6.64. The number of hydrogen-bond acceptors (Lipinski definition) is 2. The van der Waals surface area contributed by atoms with Crippen LogP contribution in [0, 0.1) is 29.5 Å². The number of alkyl halides is 3. The highest BCUT2D eigenvalue weighted by atomic mass is 19.4. The van der Waals surface area contributed by atoms with Gasteiger partial charge >= 0.3 is 6.36 Å². The molecule has 0 radical (unpaired) electrons. The minimum absolute atomic E-state index is 0.243. The molecule has 28 heavy (non-hydrogen) atoms. The first kappa shape index (κ1) is 21.3. The number of benzene rings is 1. The van der Waals surface area contributed by atoms with Crippen molar-refractivity contribution >= 4 is 0 Å². The van der Waals surface area contributed by atoms with E-state index in [0.29, 0.717) is 12.5 Å². The van der Waals surface area contributed by atoms with E-state index in [-0.39, 0.29) is 5.75 Å². The van der Waals surface area contributed by atoms with Gasteiger partial charge < -0.3 is 9.47 Å². The Morgan fingerprint density at radius 2 is 1.46 bits per heavy atom. The van der Waals surface area contributed by atoms with Crippen LogP contribution in [-0.2, 0) is 0 Å². The second-order valence-corrected chi connectivity index (χ2v) is 8.42. The molecule has 6 heteroatoms. The standard InChI is InChI=1S/C22H30F4O2/c1-2-15-3-7-17(8-4-15)18-9-5-16(6-10-18)14-27-19-11-12-21(20(23)13-19)28-22(24,25)26/h11-13,15-18H,2-10,14H2,1H3. The zero-order valence-electron chi connectivity index (χ0n) is 16.4. The molecule has 0 spiro atoms. The van der Waals surface area contributed by atoms with Gasteiger partial charge in [-0.15, -0.1) is 13.2 Å². The van der Waals surface area contributed by atoms with Crippen molar-refractivity contribution < 1.29 is 27.0 Å². The lowest BCUT2D eigenvalue weighted by molar-refractivity contribution is -0.275. The zero-order chi connectivity index (χ0) is 20.1. The minimum atomic E-state index is -4.91. The first-order valence-corrected chi connectivity index (χ1v) is 10.5. The van der Waals surface area contributed by atoms with E-state index in [2.05, 4.69) is 11.7 Å². The molecule has 3 rings (SSSR count). The topological polar surface area (TPSA) is 18.5 Å². The molecule has 0 aliphatic heterocycles. The second-order valence-electron chi connectivity index (χ2n) is 8.42. The van der Waals surface area contributed by atoms with Crippen LogP contribution in [0.25, 0.3) is 0 Å². The summed E-state index contributed by atoms with van der Waals surface area (Å²) in [6, 6.07) is 3.24. The average molecular weight is 402 g/mol. The van der Waals surface area contributed by atoms with Crippen molar-refractivity contribution in [2.75, 3.05) is 6.61 Å². The smallest absolute Gasteiger partial charge is 0.493 e. The van der Waals surface area contributed by atoms with Crippen molar-refractivity contribution in [3.63, 3.8) is 0 Å². The summed E-state index contributed by atoms with van der Waals surface area (Å²) in [5.41, 5.74) is 0. The Kier molecular flexibility index (Phi) is 7.10. The van der Waals surface area contributed by atoms with Crippen molar-refractivity contribution in [3.05, 3.63) is 24.0 Å². The molecule has 0 unspecified atom stereocenters. The van der Waals surface area contributed by atoms with Gasteiger partial charge in [0.15, 0.2) is 11.6 Å². The van der Waals surface area contributed by atoms with Crippen molar-refractivity contribution in [2.45, 2.75) is 71.1 Å². The SMILES string of the molecule is CCC1CCC(C2CCC(COc3ccc(OC(F)(F)F)c(F)c3)CC2)CC1. The maximum Gasteiger partial charge on any atom is 0.573 e. The predicted octanol–water partition coefficient (Wildman–Crippen LogP) is 7.13. The van der Waals surface area contributed by atoms with Gasteiger partial charge in [0.25, 0.3) is 0 Å². The van der Waals surface area contributed by atoms with Crippen LogP contribution in [0.15, 0.2) is 18.2 Å². The molecule has 0 N–H and O–H groups in total. The van der Waals surface area contributed by atoms with E-state index < -0.39 is 17.9 Å². The first-order chi connectivity index (χ1) is 13.3. The van der Waals surface area contributed by atoms with Crippen LogP contribution in [-0.4, -0.2) is 13.0 Å². The largest absolute Gasteiger partial charge is 0.573 e. The summed E-state index contributed by atoms with van der Waals surface area (Å²) in [5.74, 6) is 1.39. The quantitative estimate of drug-likeness (QED) is 0.471. The van der Waals surface area contributed by atoms with Gasteiger partial charge in [0.05, 0.1) is 6.61 Å². The Balaban J connectivity index is 1.41. The van der Waals surface area contributed by atoms with Gasteiger partial charge in [-0.1, -0.05) is 26.2 Å². The molecule has 0 aromatic heterocycles. The molecular weight excluding hydrogens is 372 g/mol. The lowest BCUT2D eigenvalue weighted by atomic mass is 9.69. The Morgan fingerprint density at radius 1 is 0.893 bits per heavy atom. The van der Waals surface area contributed by atoms with Crippen LogP contribution >= 0.6 is 0 Å². The van der Waals surface area contributed by atoms with Crippen LogP contribution in [0.5, 0.6) is 11.5 Å². The lowest BCUT2D eigenvalue weighted by Gasteiger charge is -2.37. The van der Waals surface area contributed by atoms with Gasteiger partial charge in [-0.25, -0.2) is 4.39 Å². The first-order valence-electron chi connectivity index (χ1n) is 10.5. The van der Waals surface area contributed by atoms with Gasteiger partial charge in [-0.3, -0.25) is 0 Å². The third kappa shape index (κ3) is 6.02. The molecule has 0 bridgehead atoms. The van der Waals surface area contributed by atoms with Gasteiger partial charge in [-0.2, -0.15) is 0 Å². The lowest BCUT2D eigenvalue weighted by Crippen LogP contribution is -2.27. The zero-order valence-corrected chi connectivity index (χ0v) is 16.4. The van der Waals surface area contributed by atoms with E-state index in [1.54, 1.807) is 0 Å². The predicted molar refractivity (Wildman–Crippen MR) is 99.8 cm³/mol. The highest BCUT2D eigenvalue weighted by Crippen LogP contribution is 2.42. The fourth-order valence-electron chi connectivity index (χ4n) is 4.89. The molecular formula is C22H30F4O2. The van der Waals surface area contributed by atoms with E-state index >= 15 is 0 Å². The van der Waals surface area contributed by atoms with E-state index in [4.69, 9.17) is 4.74 Å². The Morgan fingerprint density at radius 3 is 1.96 bits per heavy atom. The summed E-state index contributed by atoms with van der Waals surface area (Å²) >= 11 is 0. The molecule has 1 aromatic rings. The second kappa shape index (κ2) is 9.36. The molecule has 2 nitrogen and oxygen atoms in total. The van der Waals surface area contributed by atoms with Crippen LogP contribution < -0.4 is 9.47 Å². The van der Waals surface area contributed by atoms with E-state index in [9.17, 15) is 17.6 Å². The molecule has 2 aliphatic carbocycles. The summed E-state index contributed by atoms with van der Waals surface area (Å²) in [7, 11) is 0. The molecule has 0 amide bonds. The average Bonchev–Trinajstić information content (AvgIpc) is 2.68. The van der Waals surface area contributed by atoms with Gasteiger partial charge in [-0.05, 0) is 74.3 Å². The molecule has 0 heterocycles. The van der Waals surface area contributed by atoms with E-state index in [1.165, 1.54) is 51.0 Å². The fraction of sp³-hybridized carbons (Fsp3) is 0.727. The summed E-state index contributed by atoms with van der Waals surface area (Å²) in [4.78, 5) is 0. The Bertz CT molecular complexity index is 615. The molecule has 2 saturated carbocycles. The monoisotopic (exact) mass is 402 g/mol. The van der Waals surface area contributed by atoms with Gasteiger partial charge in [0.2, 0.25) is 0 Å². The molecule has 0 saturated heterocycles. The Hall–Kier alpha value is -1.46. The number of halogens is 4. The molecule has 1 aromatic carbocycles. The molecule has 2 fully saturated rings.